The SMILES string of the molecule is O=c1oc2ccccc2c(O)c1C(c1ccc2ccccc2c1)c1coc2ccccc2c1=O. The molecule has 1 N–H and O–H groups in total. The fourth-order valence-corrected chi connectivity index (χ4v) is 4.58. The number of hydrogen-bond donors (Lipinski definition) is 1. The minimum Gasteiger partial charge on any atom is -0.507 e. The van der Waals surface area contributed by atoms with Crippen LogP contribution < -0.4 is 11.1 Å². The van der Waals surface area contributed by atoms with Gasteiger partial charge in [-0.1, -0.05) is 66.7 Å². The van der Waals surface area contributed by atoms with Gasteiger partial charge in [0.2, 0.25) is 0 Å². The van der Waals surface area contributed by atoms with E-state index in [0.717, 1.165) is 10.8 Å². The van der Waals surface area contributed by atoms with Gasteiger partial charge in [-0.3, -0.25) is 4.79 Å². The molecule has 0 aliphatic carbocycles. The summed E-state index contributed by atoms with van der Waals surface area (Å²) in [5.41, 5.74) is 0.649. The van der Waals surface area contributed by atoms with E-state index in [-0.39, 0.29) is 27.9 Å². The van der Waals surface area contributed by atoms with Crippen LogP contribution in [0, 0.1) is 0 Å². The average Bonchev–Trinajstić information content (AvgIpc) is 2.87. The van der Waals surface area contributed by atoms with Gasteiger partial charge in [-0.2, -0.15) is 0 Å². The van der Waals surface area contributed by atoms with Crippen LogP contribution in [-0.2, 0) is 0 Å². The second-order valence-corrected chi connectivity index (χ2v) is 8.20. The smallest absolute Gasteiger partial charge is 0.344 e. The van der Waals surface area contributed by atoms with E-state index in [4.69, 9.17) is 8.83 Å². The molecule has 2 aromatic heterocycles. The molecule has 0 saturated heterocycles. The Bertz CT molecular complexity index is 1830. The summed E-state index contributed by atoms with van der Waals surface area (Å²) in [5.74, 6) is -1.11. The zero-order valence-corrected chi connectivity index (χ0v) is 17.9. The van der Waals surface area contributed by atoms with Crippen molar-refractivity contribution < 1.29 is 13.9 Å². The Kier molecular flexibility index (Phi) is 4.56. The van der Waals surface area contributed by atoms with Gasteiger partial charge in [-0.05, 0) is 40.6 Å². The summed E-state index contributed by atoms with van der Waals surface area (Å²) >= 11 is 0. The van der Waals surface area contributed by atoms with Gasteiger partial charge < -0.3 is 13.9 Å². The molecule has 0 saturated carbocycles. The number of aromatic hydroxyl groups is 1. The molecule has 0 aliphatic heterocycles. The molecular weight excluding hydrogens is 428 g/mol. The summed E-state index contributed by atoms with van der Waals surface area (Å²) in [7, 11) is 0. The van der Waals surface area contributed by atoms with Crippen LogP contribution >= 0.6 is 0 Å². The summed E-state index contributed by atoms with van der Waals surface area (Å²) in [4.78, 5) is 26.8. The largest absolute Gasteiger partial charge is 0.507 e. The first-order chi connectivity index (χ1) is 16.6. The van der Waals surface area contributed by atoms with Crippen LogP contribution in [0.25, 0.3) is 32.7 Å². The Morgan fingerprint density at radius 1 is 0.706 bits per heavy atom. The van der Waals surface area contributed by atoms with Crippen LogP contribution in [0.3, 0.4) is 0 Å². The van der Waals surface area contributed by atoms with E-state index in [1.807, 2.05) is 42.5 Å². The van der Waals surface area contributed by atoms with E-state index < -0.39 is 11.5 Å². The second kappa shape index (κ2) is 7.74. The summed E-state index contributed by atoms with van der Waals surface area (Å²) < 4.78 is 11.4. The average molecular weight is 446 g/mol. The van der Waals surface area contributed by atoms with Crippen molar-refractivity contribution in [3.8, 4) is 5.75 Å². The second-order valence-electron chi connectivity index (χ2n) is 8.20. The van der Waals surface area contributed by atoms with Crippen LogP contribution in [-0.4, -0.2) is 5.11 Å². The zero-order chi connectivity index (χ0) is 23.2. The van der Waals surface area contributed by atoms with Crippen molar-refractivity contribution in [3.05, 3.63) is 135 Å². The van der Waals surface area contributed by atoms with Crippen LogP contribution in [0.15, 0.2) is 116 Å². The van der Waals surface area contributed by atoms with Crippen molar-refractivity contribution in [3.63, 3.8) is 0 Å². The lowest BCUT2D eigenvalue weighted by Gasteiger charge is -2.19. The number of para-hydroxylation sites is 2. The third-order valence-electron chi connectivity index (χ3n) is 6.23. The van der Waals surface area contributed by atoms with Gasteiger partial charge in [0.05, 0.1) is 28.5 Å². The molecule has 6 aromatic rings. The molecule has 0 radical (unpaired) electrons. The molecule has 6 rings (SSSR count). The molecule has 4 aromatic carbocycles. The Hall–Kier alpha value is -4.64. The Balaban J connectivity index is 1.71. The van der Waals surface area contributed by atoms with Gasteiger partial charge in [0, 0.05) is 5.56 Å². The Morgan fingerprint density at radius 3 is 2.21 bits per heavy atom. The van der Waals surface area contributed by atoms with E-state index in [0.29, 0.717) is 21.9 Å². The highest BCUT2D eigenvalue weighted by Crippen LogP contribution is 2.38. The van der Waals surface area contributed by atoms with Gasteiger partial charge in [-0.15, -0.1) is 0 Å². The molecule has 5 nitrogen and oxygen atoms in total. The molecule has 0 bridgehead atoms. The lowest BCUT2D eigenvalue weighted by Crippen LogP contribution is -2.21. The molecule has 5 heteroatoms. The first kappa shape index (κ1) is 20.0. The van der Waals surface area contributed by atoms with Crippen molar-refractivity contribution in [2.75, 3.05) is 0 Å². The maximum Gasteiger partial charge on any atom is 0.344 e. The van der Waals surface area contributed by atoms with Gasteiger partial charge in [0.15, 0.2) is 5.43 Å². The highest BCUT2D eigenvalue weighted by atomic mass is 16.4. The summed E-state index contributed by atoms with van der Waals surface area (Å²) in [6, 6.07) is 27.2. The maximum atomic E-state index is 13.6. The van der Waals surface area contributed by atoms with Crippen molar-refractivity contribution in [1.29, 1.82) is 0 Å². The van der Waals surface area contributed by atoms with Crippen LogP contribution in [0.5, 0.6) is 5.75 Å². The molecule has 1 atom stereocenters. The highest BCUT2D eigenvalue weighted by molar-refractivity contribution is 5.86. The Labute approximate surface area is 193 Å². The fraction of sp³-hybridized carbons (Fsp3) is 0.0345. The third kappa shape index (κ3) is 3.10. The van der Waals surface area contributed by atoms with Crippen molar-refractivity contribution in [2.45, 2.75) is 5.92 Å². The van der Waals surface area contributed by atoms with Crippen molar-refractivity contribution >= 4 is 32.7 Å². The topological polar surface area (TPSA) is 80.7 Å². The van der Waals surface area contributed by atoms with Gasteiger partial charge >= 0.3 is 5.63 Å². The third-order valence-corrected chi connectivity index (χ3v) is 6.23. The minimum absolute atomic E-state index is 0.00318. The number of benzene rings is 4. The van der Waals surface area contributed by atoms with E-state index in [2.05, 4.69) is 0 Å². The molecule has 0 spiro atoms. The first-order valence-corrected chi connectivity index (χ1v) is 10.9. The monoisotopic (exact) mass is 446 g/mol. The minimum atomic E-state index is -0.897. The van der Waals surface area contributed by atoms with E-state index in [1.165, 1.54) is 6.26 Å². The normalized spacial score (nSPS) is 12.4. The molecule has 1 unspecified atom stereocenters. The molecule has 0 fully saturated rings. The van der Waals surface area contributed by atoms with E-state index >= 15 is 0 Å². The zero-order valence-electron chi connectivity index (χ0n) is 17.9. The lowest BCUT2D eigenvalue weighted by atomic mass is 9.84. The predicted molar refractivity (Wildman–Crippen MR) is 132 cm³/mol. The first-order valence-electron chi connectivity index (χ1n) is 10.9. The molecule has 2 heterocycles. The summed E-state index contributed by atoms with van der Waals surface area (Å²) in [5, 5.41) is 14.0. The Morgan fingerprint density at radius 2 is 1.38 bits per heavy atom. The lowest BCUT2D eigenvalue weighted by molar-refractivity contribution is 0.454. The molecule has 164 valence electrons. The van der Waals surface area contributed by atoms with Crippen molar-refractivity contribution in [2.24, 2.45) is 0 Å². The van der Waals surface area contributed by atoms with E-state index in [1.54, 1.807) is 48.5 Å². The number of fused-ring (bicyclic) bond motifs is 3. The van der Waals surface area contributed by atoms with Gasteiger partial charge in [0.1, 0.15) is 16.9 Å². The number of rotatable bonds is 3. The highest BCUT2D eigenvalue weighted by Gasteiger charge is 2.29. The summed E-state index contributed by atoms with van der Waals surface area (Å²) in [6.07, 6.45) is 1.37. The standard InChI is InChI=1S/C29H18O5/c30-27-20-9-3-5-11-23(20)33-16-22(27)25(19-14-13-17-7-1-2-8-18(17)15-19)26-28(31)21-10-4-6-12-24(21)34-29(26)32/h1-16,25,31H. The van der Waals surface area contributed by atoms with Crippen LogP contribution in [0.1, 0.15) is 22.6 Å². The van der Waals surface area contributed by atoms with Crippen molar-refractivity contribution in [1.82, 2.24) is 0 Å². The van der Waals surface area contributed by atoms with E-state index in [9.17, 15) is 14.7 Å². The fourth-order valence-electron chi connectivity index (χ4n) is 4.58. The predicted octanol–water partition coefficient (Wildman–Crippen LogP) is 5.94. The molecule has 0 amide bonds. The molecular formula is C29H18O5. The maximum absolute atomic E-state index is 13.6. The molecule has 0 aliphatic rings. The number of hydrogen-bond acceptors (Lipinski definition) is 5. The molecule has 34 heavy (non-hydrogen) atoms. The van der Waals surface area contributed by atoms with Gasteiger partial charge in [0.25, 0.3) is 0 Å². The quantitative estimate of drug-likeness (QED) is 0.340. The van der Waals surface area contributed by atoms with Crippen LogP contribution in [0.2, 0.25) is 0 Å². The summed E-state index contributed by atoms with van der Waals surface area (Å²) in [6.45, 7) is 0. The van der Waals surface area contributed by atoms with Crippen LogP contribution in [0.4, 0.5) is 0 Å². The van der Waals surface area contributed by atoms with Gasteiger partial charge in [-0.25, -0.2) is 4.79 Å².